The zero-order chi connectivity index (χ0) is 18.2. The summed E-state index contributed by atoms with van der Waals surface area (Å²) in [5.74, 6) is -1.64. The van der Waals surface area contributed by atoms with Gasteiger partial charge in [-0.3, -0.25) is 14.4 Å². The van der Waals surface area contributed by atoms with Crippen LogP contribution in [0.2, 0.25) is 0 Å². The lowest BCUT2D eigenvalue weighted by Gasteiger charge is -2.15. The first-order valence-corrected chi connectivity index (χ1v) is 7.94. The van der Waals surface area contributed by atoms with Crippen molar-refractivity contribution in [3.63, 3.8) is 0 Å². The van der Waals surface area contributed by atoms with E-state index in [0.717, 1.165) is 11.1 Å². The summed E-state index contributed by atoms with van der Waals surface area (Å²) < 4.78 is 0. The summed E-state index contributed by atoms with van der Waals surface area (Å²) in [5, 5.41) is 5.20. The third kappa shape index (κ3) is 5.76. The quantitative estimate of drug-likeness (QED) is 0.667. The molecule has 1 atom stereocenters. The fraction of sp³-hybridized carbons (Fsp3) is 0.211. The van der Waals surface area contributed by atoms with Crippen LogP contribution >= 0.6 is 0 Å². The van der Waals surface area contributed by atoms with Crippen LogP contribution in [0.25, 0.3) is 0 Å². The number of aryl methyl sites for hydroxylation is 1. The Bertz CT molecular complexity index is 760. The monoisotopic (exact) mass is 339 g/mol. The van der Waals surface area contributed by atoms with Gasteiger partial charge in [0.15, 0.2) is 0 Å². The molecule has 2 aromatic carbocycles. The van der Waals surface area contributed by atoms with Crippen molar-refractivity contribution in [2.75, 3.05) is 5.32 Å². The van der Waals surface area contributed by atoms with Gasteiger partial charge in [-0.1, -0.05) is 48.5 Å². The van der Waals surface area contributed by atoms with E-state index in [1.165, 1.54) is 0 Å². The predicted octanol–water partition coefficient (Wildman–Crippen LogP) is 1.54. The molecule has 2 rings (SSSR count). The summed E-state index contributed by atoms with van der Waals surface area (Å²) in [4.78, 5) is 35.6. The Morgan fingerprint density at radius 1 is 0.960 bits per heavy atom. The van der Waals surface area contributed by atoms with Gasteiger partial charge in [-0.25, -0.2) is 0 Å². The Hall–Kier alpha value is -3.15. The van der Waals surface area contributed by atoms with E-state index >= 15 is 0 Å². The number of primary amides is 1. The van der Waals surface area contributed by atoms with Gasteiger partial charge in [0.25, 0.3) is 0 Å². The van der Waals surface area contributed by atoms with E-state index in [1.807, 2.05) is 49.4 Å². The van der Waals surface area contributed by atoms with E-state index in [9.17, 15) is 14.4 Å². The fourth-order valence-electron chi connectivity index (χ4n) is 2.37. The molecule has 2 aromatic rings. The van der Waals surface area contributed by atoms with Crippen LogP contribution in [0.3, 0.4) is 0 Å². The van der Waals surface area contributed by atoms with Crippen LogP contribution in [0.4, 0.5) is 5.69 Å². The van der Waals surface area contributed by atoms with Gasteiger partial charge >= 0.3 is 0 Å². The van der Waals surface area contributed by atoms with Gasteiger partial charge in [0, 0.05) is 12.1 Å². The predicted molar refractivity (Wildman–Crippen MR) is 95.7 cm³/mol. The number of hydrogen-bond donors (Lipinski definition) is 3. The van der Waals surface area contributed by atoms with Gasteiger partial charge in [0.1, 0.15) is 12.5 Å². The Morgan fingerprint density at radius 3 is 2.24 bits per heavy atom. The second kappa shape index (κ2) is 8.63. The van der Waals surface area contributed by atoms with Crippen molar-refractivity contribution in [3.05, 3.63) is 65.7 Å². The Kier molecular flexibility index (Phi) is 6.28. The molecule has 0 saturated carbocycles. The Morgan fingerprint density at radius 2 is 1.60 bits per heavy atom. The van der Waals surface area contributed by atoms with Gasteiger partial charge in [-0.15, -0.1) is 0 Å². The molecule has 0 spiro atoms. The Labute approximate surface area is 146 Å². The van der Waals surface area contributed by atoms with Crippen molar-refractivity contribution in [2.45, 2.75) is 25.8 Å². The molecule has 0 heterocycles. The first kappa shape index (κ1) is 18.2. The van der Waals surface area contributed by atoms with Crippen molar-refractivity contribution in [3.8, 4) is 0 Å². The highest BCUT2D eigenvalue weighted by atomic mass is 16.2. The molecular weight excluding hydrogens is 318 g/mol. The van der Waals surface area contributed by atoms with E-state index in [2.05, 4.69) is 10.6 Å². The molecule has 0 aliphatic rings. The summed E-state index contributed by atoms with van der Waals surface area (Å²) in [6.07, 6.45) is -0.103. The number of anilines is 1. The van der Waals surface area contributed by atoms with Crippen LogP contribution in [0, 0.1) is 6.92 Å². The molecule has 4 N–H and O–H groups in total. The maximum absolute atomic E-state index is 12.1. The van der Waals surface area contributed by atoms with Crippen molar-refractivity contribution in [1.29, 1.82) is 0 Å². The van der Waals surface area contributed by atoms with Crippen molar-refractivity contribution in [2.24, 2.45) is 5.73 Å². The maximum Gasteiger partial charge on any atom is 0.240 e. The SMILES string of the molecule is Cc1ccccc1NC(=O)CC(=O)N[C@@H](Cc1ccccc1)C(N)=O. The standard InChI is InChI=1S/C19H21N3O3/c1-13-7-5-6-10-15(13)21-17(23)12-18(24)22-16(19(20)25)11-14-8-3-2-4-9-14/h2-10,16H,11-12H2,1H3,(H2,20,25)(H,21,23)(H,22,24)/t16-/m0/s1. The lowest BCUT2D eigenvalue weighted by molar-refractivity contribution is -0.130. The summed E-state index contributed by atoms with van der Waals surface area (Å²) >= 11 is 0. The molecule has 0 radical (unpaired) electrons. The molecule has 6 nitrogen and oxygen atoms in total. The topological polar surface area (TPSA) is 101 Å². The molecule has 0 saturated heterocycles. The number of hydrogen-bond acceptors (Lipinski definition) is 3. The molecule has 0 bridgehead atoms. The lowest BCUT2D eigenvalue weighted by atomic mass is 10.1. The molecule has 0 unspecified atom stereocenters. The van der Waals surface area contributed by atoms with Crippen LogP contribution in [0.15, 0.2) is 54.6 Å². The smallest absolute Gasteiger partial charge is 0.240 e. The molecule has 0 aliphatic carbocycles. The van der Waals surface area contributed by atoms with Gasteiger partial charge in [0.2, 0.25) is 17.7 Å². The number of carbonyl (C=O) groups excluding carboxylic acids is 3. The largest absolute Gasteiger partial charge is 0.368 e. The third-order valence-corrected chi connectivity index (χ3v) is 3.70. The number of carbonyl (C=O) groups is 3. The number of amides is 3. The summed E-state index contributed by atoms with van der Waals surface area (Å²) in [7, 11) is 0. The van der Waals surface area contributed by atoms with Gasteiger partial charge in [-0.2, -0.15) is 0 Å². The number of nitrogens with one attached hydrogen (secondary N) is 2. The van der Waals surface area contributed by atoms with E-state index in [4.69, 9.17) is 5.73 Å². The number of nitrogens with two attached hydrogens (primary N) is 1. The van der Waals surface area contributed by atoms with Gasteiger partial charge in [-0.05, 0) is 24.1 Å². The van der Waals surface area contributed by atoms with E-state index in [-0.39, 0.29) is 12.8 Å². The molecule has 0 aliphatic heterocycles. The molecule has 0 fully saturated rings. The van der Waals surface area contributed by atoms with E-state index < -0.39 is 23.8 Å². The third-order valence-electron chi connectivity index (χ3n) is 3.70. The highest BCUT2D eigenvalue weighted by Crippen LogP contribution is 2.13. The first-order chi connectivity index (χ1) is 12.0. The average Bonchev–Trinajstić information content (AvgIpc) is 2.57. The molecular formula is C19H21N3O3. The highest BCUT2D eigenvalue weighted by Gasteiger charge is 2.20. The van der Waals surface area contributed by atoms with Crippen LogP contribution in [-0.4, -0.2) is 23.8 Å². The number of rotatable bonds is 7. The van der Waals surface area contributed by atoms with Crippen LogP contribution in [0.5, 0.6) is 0 Å². The van der Waals surface area contributed by atoms with Crippen molar-refractivity contribution < 1.29 is 14.4 Å². The molecule has 130 valence electrons. The number of benzene rings is 2. The summed E-state index contributed by atoms with van der Waals surface area (Å²) in [5.41, 5.74) is 7.77. The lowest BCUT2D eigenvalue weighted by Crippen LogP contribution is -2.46. The Balaban J connectivity index is 1.91. The molecule has 3 amide bonds. The normalized spacial score (nSPS) is 11.4. The van der Waals surface area contributed by atoms with E-state index in [0.29, 0.717) is 5.69 Å². The molecule has 25 heavy (non-hydrogen) atoms. The second-order valence-electron chi connectivity index (χ2n) is 5.75. The average molecular weight is 339 g/mol. The van der Waals surface area contributed by atoms with Crippen LogP contribution < -0.4 is 16.4 Å². The zero-order valence-corrected chi connectivity index (χ0v) is 14.0. The minimum absolute atomic E-state index is 0.279. The minimum Gasteiger partial charge on any atom is -0.368 e. The van der Waals surface area contributed by atoms with Gasteiger partial charge in [0.05, 0.1) is 0 Å². The molecule has 6 heteroatoms. The van der Waals surface area contributed by atoms with Gasteiger partial charge < -0.3 is 16.4 Å². The maximum atomic E-state index is 12.1. The van der Waals surface area contributed by atoms with Crippen LogP contribution in [0.1, 0.15) is 17.5 Å². The first-order valence-electron chi connectivity index (χ1n) is 7.94. The highest BCUT2D eigenvalue weighted by molar-refractivity contribution is 6.04. The molecule has 0 aromatic heterocycles. The summed E-state index contributed by atoms with van der Waals surface area (Å²) in [6.45, 7) is 1.86. The van der Waals surface area contributed by atoms with Crippen molar-refractivity contribution in [1.82, 2.24) is 5.32 Å². The van der Waals surface area contributed by atoms with E-state index in [1.54, 1.807) is 12.1 Å². The van der Waals surface area contributed by atoms with Crippen molar-refractivity contribution >= 4 is 23.4 Å². The van der Waals surface area contributed by atoms with Crippen LogP contribution in [-0.2, 0) is 20.8 Å². The fourth-order valence-corrected chi connectivity index (χ4v) is 2.37. The zero-order valence-electron chi connectivity index (χ0n) is 14.0. The second-order valence-corrected chi connectivity index (χ2v) is 5.75. The minimum atomic E-state index is -0.860. The number of para-hydroxylation sites is 1. The summed E-state index contributed by atoms with van der Waals surface area (Å²) in [6, 6.07) is 15.6.